The number of amides is 1. The van der Waals surface area contributed by atoms with Gasteiger partial charge in [0.1, 0.15) is 0 Å². The highest BCUT2D eigenvalue weighted by Crippen LogP contribution is 2.23. The number of rotatable bonds is 3. The summed E-state index contributed by atoms with van der Waals surface area (Å²) in [6, 6.07) is 9.95. The molecule has 0 spiro atoms. The minimum atomic E-state index is -0.993. The van der Waals surface area contributed by atoms with E-state index in [1.165, 1.54) is 11.0 Å². The van der Waals surface area contributed by atoms with E-state index in [-0.39, 0.29) is 11.6 Å². The van der Waals surface area contributed by atoms with Crippen LogP contribution in [0.1, 0.15) is 17.3 Å². The van der Waals surface area contributed by atoms with Crippen molar-refractivity contribution < 1.29 is 13.6 Å². The summed E-state index contributed by atoms with van der Waals surface area (Å²) in [6.07, 6.45) is 0. The molecule has 0 N–H and O–H groups in total. The zero-order chi connectivity index (χ0) is 14.7. The summed E-state index contributed by atoms with van der Waals surface area (Å²) >= 11 is 5.98. The van der Waals surface area contributed by atoms with Crippen LogP contribution in [0.3, 0.4) is 0 Å². The molecular formula is C15H12ClF2NO. The molecule has 0 atom stereocenters. The quantitative estimate of drug-likeness (QED) is 0.827. The number of nitrogens with zero attached hydrogens (tertiary/aromatic N) is 1. The van der Waals surface area contributed by atoms with Gasteiger partial charge in [0.15, 0.2) is 11.6 Å². The molecule has 20 heavy (non-hydrogen) atoms. The molecule has 0 bridgehead atoms. The molecule has 2 aromatic rings. The normalized spacial score (nSPS) is 10.4. The molecule has 0 aliphatic heterocycles. The number of halogens is 3. The maximum Gasteiger partial charge on any atom is 0.259 e. The lowest BCUT2D eigenvalue weighted by Gasteiger charge is -2.21. The number of carbonyl (C=O) groups excluding carboxylic acids is 1. The lowest BCUT2D eigenvalue weighted by molar-refractivity contribution is 0.0988. The average Bonchev–Trinajstić information content (AvgIpc) is 2.44. The molecule has 0 saturated heterocycles. The van der Waals surface area contributed by atoms with E-state index >= 15 is 0 Å². The topological polar surface area (TPSA) is 20.3 Å². The molecule has 0 aliphatic rings. The SMILES string of the molecule is CCN(C(=O)c1ccccc1Cl)c1ccc(F)c(F)c1. The highest BCUT2D eigenvalue weighted by molar-refractivity contribution is 6.34. The lowest BCUT2D eigenvalue weighted by Crippen LogP contribution is -2.31. The third-order valence-corrected chi connectivity index (χ3v) is 3.21. The molecule has 0 unspecified atom stereocenters. The van der Waals surface area contributed by atoms with Crippen LogP contribution in [0.15, 0.2) is 42.5 Å². The summed E-state index contributed by atoms with van der Waals surface area (Å²) in [5, 5.41) is 0.318. The van der Waals surface area contributed by atoms with Crippen LogP contribution in [-0.4, -0.2) is 12.5 Å². The van der Waals surface area contributed by atoms with Crippen LogP contribution in [0.25, 0.3) is 0 Å². The van der Waals surface area contributed by atoms with E-state index in [4.69, 9.17) is 11.6 Å². The average molecular weight is 296 g/mol. The second-order valence-electron chi connectivity index (χ2n) is 4.13. The van der Waals surface area contributed by atoms with E-state index in [2.05, 4.69) is 0 Å². The van der Waals surface area contributed by atoms with Crippen molar-refractivity contribution in [2.45, 2.75) is 6.92 Å². The van der Waals surface area contributed by atoms with Gasteiger partial charge in [-0.05, 0) is 31.2 Å². The Balaban J connectivity index is 2.39. The van der Waals surface area contributed by atoms with Gasteiger partial charge in [0.05, 0.1) is 10.6 Å². The van der Waals surface area contributed by atoms with Crippen LogP contribution >= 0.6 is 11.6 Å². The van der Waals surface area contributed by atoms with Crippen molar-refractivity contribution in [2.75, 3.05) is 11.4 Å². The van der Waals surface area contributed by atoms with Gasteiger partial charge in [-0.1, -0.05) is 23.7 Å². The first-order valence-corrected chi connectivity index (χ1v) is 6.43. The Morgan fingerprint density at radius 1 is 1.15 bits per heavy atom. The molecule has 2 aromatic carbocycles. The lowest BCUT2D eigenvalue weighted by atomic mass is 10.1. The van der Waals surface area contributed by atoms with Crippen molar-refractivity contribution in [1.29, 1.82) is 0 Å². The highest BCUT2D eigenvalue weighted by atomic mass is 35.5. The van der Waals surface area contributed by atoms with E-state index in [9.17, 15) is 13.6 Å². The Morgan fingerprint density at radius 3 is 2.45 bits per heavy atom. The predicted molar refractivity (Wildman–Crippen MR) is 75.2 cm³/mol. The molecule has 2 nitrogen and oxygen atoms in total. The summed E-state index contributed by atoms with van der Waals surface area (Å²) in [6.45, 7) is 2.06. The molecular weight excluding hydrogens is 284 g/mol. The van der Waals surface area contributed by atoms with Crippen molar-refractivity contribution in [2.24, 2.45) is 0 Å². The van der Waals surface area contributed by atoms with Gasteiger partial charge in [0, 0.05) is 18.3 Å². The number of anilines is 1. The van der Waals surface area contributed by atoms with Crippen LogP contribution in [0.4, 0.5) is 14.5 Å². The van der Waals surface area contributed by atoms with Crippen molar-refractivity contribution >= 4 is 23.2 Å². The molecule has 0 heterocycles. The first-order chi connectivity index (χ1) is 9.54. The summed E-state index contributed by atoms with van der Waals surface area (Å²) in [4.78, 5) is 13.8. The second kappa shape index (κ2) is 6.01. The van der Waals surface area contributed by atoms with Crippen molar-refractivity contribution in [3.05, 3.63) is 64.7 Å². The van der Waals surface area contributed by atoms with Gasteiger partial charge in [0.2, 0.25) is 0 Å². The Kier molecular flexibility index (Phi) is 4.35. The largest absolute Gasteiger partial charge is 0.308 e. The number of benzene rings is 2. The molecule has 0 saturated carbocycles. The molecule has 104 valence electrons. The van der Waals surface area contributed by atoms with Crippen LogP contribution in [-0.2, 0) is 0 Å². The zero-order valence-electron chi connectivity index (χ0n) is 10.7. The Hall–Kier alpha value is -1.94. The highest BCUT2D eigenvalue weighted by Gasteiger charge is 2.19. The summed E-state index contributed by atoms with van der Waals surface area (Å²) < 4.78 is 26.2. The molecule has 0 fully saturated rings. The minimum absolute atomic E-state index is 0.288. The number of hydrogen-bond donors (Lipinski definition) is 0. The summed E-state index contributed by atoms with van der Waals surface area (Å²) in [5.74, 6) is -2.30. The summed E-state index contributed by atoms with van der Waals surface area (Å²) in [7, 11) is 0. The smallest absolute Gasteiger partial charge is 0.259 e. The summed E-state index contributed by atoms with van der Waals surface area (Å²) in [5.41, 5.74) is 0.608. The van der Waals surface area contributed by atoms with Gasteiger partial charge in [-0.2, -0.15) is 0 Å². The first kappa shape index (κ1) is 14.5. The fourth-order valence-corrected chi connectivity index (χ4v) is 2.09. The standard InChI is InChI=1S/C15H12ClF2NO/c1-2-19(10-7-8-13(17)14(18)9-10)15(20)11-5-3-4-6-12(11)16/h3-9H,2H2,1H3. The van der Waals surface area contributed by atoms with Crippen molar-refractivity contribution in [3.63, 3.8) is 0 Å². The minimum Gasteiger partial charge on any atom is -0.308 e. The van der Waals surface area contributed by atoms with E-state index in [0.717, 1.165) is 12.1 Å². The van der Waals surface area contributed by atoms with E-state index < -0.39 is 11.6 Å². The van der Waals surface area contributed by atoms with Gasteiger partial charge >= 0.3 is 0 Å². The van der Waals surface area contributed by atoms with E-state index in [1.807, 2.05) is 0 Å². The number of carbonyl (C=O) groups is 1. The second-order valence-corrected chi connectivity index (χ2v) is 4.53. The fourth-order valence-electron chi connectivity index (χ4n) is 1.88. The third kappa shape index (κ3) is 2.80. The van der Waals surface area contributed by atoms with Crippen LogP contribution in [0, 0.1) is 11.6 Å². The van der Waals surface area contributed by atoms with Crippen molar-refractivity contribution in [3.8, 4) is 0 Å². The van der Waals surface area contributed by atoms with E-state index in [0.29, 0.717) is 17.1 Å². The Morgan fingerprint density at radius 2 is 1.85 bits per heavy atom. The van der Waals surface area contributed by atoms with Crippen LogP contribution < -0.4 is 4.90 Å². The van der Waals surface area contributed by atoms with Gasteiger partial charge < -0.3 is 4.90 Å². The molecule has 1 amide bonds. The monoisotopic (exact) mass is 295 g/mol. The fraction of sp³-hybridized carbons (Fsp3) is 0.133. The maximum absolute atomic E-state index is 13.3. The van der Waals surface area contributed by atoms with Crippen LogP contribution in [0.2, 0.25) is 5.02 Å². The number of hydrogen-bond acceptors (Lipinski definition) is 1. The Bertz CT molecular complexity index is 646. The predicted octanol–water partition coefficient (Wildman–Crippen LogP) is 4.28. The van der Waals surface area contributed by atoms with E-state index in [1.54, 1.807) is 31.2 Å². The van der Waals surface area contributed by atoms with Gasteiger partial charge in [0.25, 0.3) is 5.91 Å². The molecule has 5 heteroatoms. The first-order valence-electron chi connectivity index (χ1n) is 6.06. The molecule has 0 radical (unpaired) electrons. The maximum atomic E-state index is 13.3. The van der Waals surface area contributed by atoms with Gasteiger partial charge in [-0.3, -0.25) is 4.79 Å². The molecule has 0 aliphatic carbocycles. The van der Waals surface area contributed by atoms with Crippen LogP contribution in [0.5, 0.6) is 0 Å². The van der Waals surface area contributed by atoms with Gasteiger partial charge in [-0.15, -0.1) is 0 Å². The Labute approximate surface area is 120 Å². The van der Waals surface area contributed by atoms with Crippen molar-refractivity contribution in [1.82, 2.24) is 0 Å². The molecule has 2 rings (SSSR count). The van der Waals surface area contributed by atoms with Gasteiger partial charge in [-0.25, -0.2) is 8.78 Å². The zero-order valence-corrected chi connectivity index (χ0v) is 11.5. The third-order valence-electron chi connectivity index (χ3n) is 2.88. The molecule has 0 aromatic heterocycles.